The molecule has 0 aliphatic heterocycles. The van der Waals surface area contributed by atoms with Crippen molar-refractivity contribution in [3.05, 3.63) is 99.5 Å². The van der Waals surface area contributed by atoms with Gasteiger partial charge in [0, 0.05) is 29.1 Å². The van der Waals surface area contributed by atoms with Gasteiger partial charge >= 0.3 is 0 Å². The van der Waals surface area contributed by atoms with E-state index < -0.39 is 6.04 Å². The fraction of sp³-hybridized carbons (Fsp3) is 0.310. The standard InChI is InChI=1S/C29H32Cl2N2O3/c1-4-21(3)32-29(35)27(16-22-8-6-5-7-9-22)33(18-23-12-13-24(30)17-26(23)31)28(34)19-36-25-14-10-20(2)11-15-25/h5-15,17,21,27H,4,16,18-19H2,1-3H3,(H,32,35). The molecule has 3 aromatic rings. The van der Waals surface area contributed by atoms with E-state index in [1.165, 1.54) is 0 Å². The van der Waals surface area contributed by atoms with Crippen LogP contribution < -0.4 is 10.1 Å². The van der Waals surface area contributed by atoms with Crippen LogP contribution in [0.15, 0.2) is 72.8 Å². The van der Waals surface area contributed by atoms with Gasteiger partial charge in [0.2, 0.25) is 5.91 Å². The minimum atomic E-state index is -0.762. The van der Waals surface area contributed by atoms with Crippen LogP contribution in [0.2, 0.25) is 10.0 Å². The van der Waals surface area contributed by atoms with Crippen molar-refractivity contribution in [1.82, 2.24) is 10.2 Å². The van der Waals surface area contributed by atoms with Crippen molar-refractivity contribution >= 4 is 35.0 Å². The van der Waals surface area contributed by atoms with Crippen LogP contribution in [-0.4, -0.2) is 35.4 Å². The Balaban J connectivity index is 1.93. The predicted octanol–water partition coefficient (Wildman–Crippen LogP) is 6.24. The van der Waals surface area contributed by atoms with E-state index >= 15 is 0 Å². The second-order valence-electron chi connectivity index (χ2n) is 8.88. The van der Waals surface area contributed by atoms with Crippen molar-refractivity contribution in [2.24, 2.45) is 0 Å². The number of halogens is 2. The van der Waals surface area contributed by atoms with Gasteiger partial charge in [-0.15, -0.1) is 0 Å². The third-order valence-electron chi connectivity index (χ3n) is 6.01. The Morgan fingerprint density at radius 1 is 1.00 bits per heavy atom. The average molecular weight is 527 g/mol. The van der Waals surface area contributed by atoms with Gasteiger partial charge in [0.25, 0.3) is 5.91 Å². The number of carbonyl (C=O) groups excluding carboxylic acids is 2. The first-order chi connectivity index (χ1) is 17.3. The van der Waals surface area contributed by atoms with Crippen molar-refractivity contribution in [3.8, 4) is 5.75 Å². The molecular formula is C29H32Cl2N2O3. The van der Waals surface area contributed by atoms with Crippen molar-refractivity contribution in [2.75, 3.05) is 6.61 Å². The topological polar surface area (TPSA) is 58.6 Å². The van der Waals surface area contributed by atoms with Crippen molar-refractivity contribution < 1.29 is 14.3 Å². The molecule has 0 aliphatic rings. The van der Waals surface area contributed by atoms with Gasteiger partial charge < -0.3 is 15.0 Å². The molecule has 5 nitrogen and oxygen atoms in total. The van der Waals surface area contributed by atoms with E-state index in [0.29, 0.717) is 27.8 Å². The summed E-state index contributed by atoms with van der Waals surface area (Å²) < 4.78 is 5.80. The van der Waals surface area contributed by atoms with Crippen LogP contribution in [0, 0.1) is 6.92 Å². The lowest BCUT2D eigenvalue weighted by atomic mass is 10.0. The highest BCUT2D eigenvalue weighted by Gasteiger charge is 2.31. The highest BCUT2D eigenvalue weighted by molar-refractivity contribution is 6.35. The van der Waals surface area contributed by atoms with Crippen LogP contribution in [0.4, 0.5) is 0 Å². The number of ether oxygens (including phenoxy) is 1. The SMILES string of the molecule is CCC(C)NC(=O)C(Cc1ccccc1)N(Cc1ccc(Cl)cc1Cl)C(=O)COc1ccc(C)cc1. The molecule has 0 spiro atoms. The van der Waals surface area contributed by atoms with Crippen molar-refractivity contribution in [2.45, 2.75) is 52.2 Å². The Bertz CT molecular complexity index is 1150. The second kappa shape index (κ2) is 13.3. The first kappa shape index (κ1) is 27.6. The predicted molar refractivity (Wildman–Crippen MR) is 146 cm³/mol. The lowest BCUT2D eigenvalue weighted by Crippen LogP contribution is -2.53. The third-order valence-corrected chi connectivity index (χ3v) is 6.60. The molecule has 3 aromatic carbocycles. The number of nitrogens with zero attached hydrogens (tertiary/aromatic N) is 1. The van der Waals surface area contributed by atoms with Gasteiger partial charge in [0.1, 0.15) is 11.8 Å². The smallest absolute Gasteiger partial charge is 0.261 e. The van der Waals surface area contributed by atoms with E-state index in [4.69, 9.17) is 27.9 Å². The number of aryl methyl sites for hydroxylation is 1. The molecule has 2 atom stereocenters. The zero-order chi connectivity index (χ0) is 26.1. The Morgan fingerprint density at radius 3 is 2.33 bits per heavy atom. The maximum absolute atomic E-state index is 13.6. The van der Waals surface area contributed by atoms with Gasteiger partial charge in [0.15, 0.2) is 6.61 Å². The molecule has 190 valence electrons. The quantitative estimate of drug-likeness (QED) is 0.322. The maximum Gasteiger partial charge on any atom is 0.261 e. The Hall–Kier alpha value is -3.02. The summed E-state index contributed by atoms with van der Waals surface area (Å²) >= 11 is 12.6. The summed E-state index contributed by atoms with van der Waals surface area (Å²) in [5.74, 6) is 0.0471. The molecule has 7 heteroatoms. The van der Waals surface area contributed by atoms with Gasteiger partial charge in [-0.3, -0.25) is 9.59 Å². The zero-order valence-electron chi connectivity index (χ0n) is 20.8. The van der Waals surface area contributed by atoms with Crippen LogP contribution in [0.25, 0.3) is 0 Å². The molecule has 36 heavy (non-hydrogen) atoms. The molecule has 0 saturated heterocycles. The Kier molecular flexibility index (Phi) is 10.2. The van der Waals surface area contributed by atoms with Crippen molar-refractivity contribution in [1.29, 1.82) is 0 Å². The Labute approximate surface area is 223 Å². The number of benzene rings is 3. The van der Waals surface area contributed by atoms with Gasteiger partial charge in [-0.25, -0.2) is 0 Å². The fourth-order valence-corrected chi connectivity index (χ4v) is 4.16. The van der Waals surface area contributed by atoms with Crippen LogP contribution in [-0.2, 0) is 22.6 Å². The number of hydrogen-bond acceptors (Lipinski definition) is 3. The fourth-order valence-electron chi connectivity index (χ4n) is 3.69. The van der Waals surface area contributed by atoms with Crippen LogP contribution in [0.3, 0.4) is 0 Å². The molecule has 0 heterocycles. The summed E-state index contributed by atoms with van der Waals surface area (Å²) in [7, 11) is 0. The minimum absolute atomic E-state index is 0.0318. The van der Waals surface area contributed by atoms with E-state index in [1.807, 2.05) is 75.4 Å². The van der Waals surface area contributed by atoms with Gasteiger partial charge in [0.05, 0.1) is 0 Å². The molecule has 0 saturated carbocycles. The number of carbonyl (C=O) groups is 2. The minimum Gasteiger partial charge on any atom is -0.484 e. The molecule has 2 amide bonds. The van der Waals surface area contributed by atoms with E-state index in [1.54, 1.807) is 23.1 Å². The first-order valence-electron chi connectivity index (χ1n) is 12.0. The molecule has 0 radical (unpaired) electrons. The van der Waals surface area contributed by atoms with Gasteiger partial charge in [-0.05, 0) is 55.7 Å². The van der Waals surface area contributed by atoms with Crippen LogP contribution in [0.1, 0.15) is 37.0 Å². The average Bonchev–Trinajstić information content (AvgIpc) is 2.87. The molecule has 2 unspecified atom stereocenters. The summed E-state index contributed by atoms with van der Waals surface area (Å²) in [6.45, 7) is 5.85. The summed E-state index contributed by atoms with van der Waals surface area (Å²) in [6.07, 6.45) is 1.13. The molecule has 1 N–H and O–H groups in total. The lowest BCUT2D eigenvalue weighted by molar-refractivity contribution is -0.143. The molecule has 0 aliphatic carbocycles. The summed E-state index contributed by atoms with van der Waals surface area (Å²) in [4.78, 5) is 28.7. The lowest BCUT2D eigenvalue weighted by Gasteiger charge is -2.32. The number of amides is 2. The summed E-state index contributed by atoms with van der Waals surface area (Å²) in [6, 6.07) is 21.5. The van der Waals surface area contributed by atoms with Gasteiger partial charge in [-0.2, -0.15) is 0 Å². The number of nitrogens with one attached hydrogen (secondary N) is 1. The molecule has 0 bridgehead atoms. The normalized spacial score (nSPS) is 12.5. The van der Waals surface area contributed by atoms with Crippen LogP contribution >= 0.6 is 23.2 Å². The van der Waals surface area contributed by atoms with E-state index in [9.17, 15) is 9.59 Å². The molecule has 0 aromatic heterocycles. The molecule has 0 fully saturated rings. The van der Waals surface area contributed by atoms with Gasteiger partial charge in [-0.1, -0.05) is 84.2 Å². The van der Waals surface area contributed by atoms with E-state index in [0.717, 1.165) is 17.5 Å². The number of rotatable bonds is 11. The summed E-state index contributed by atoms with van der Waals surface area (Å²) in [5.41, 5.74) is 2.73. The monoisotopic (exact) mass is 526 g/mol. The maximum atomic E-state index is 13.6. The number of hydrogen-bond donors (Lipinski definition) is 1. The molecule has 3 rings (SSSR count). The summed E-state index contributed by atoms with van der Waals surface area (Å²) in [5, 5.41) is 3.98. The van der Waals surface area contributed by atoms with Crippen molar-refractivity contribution in [3.63, 3.8) is 0 Å². The molecular weight excluding hydrogens is 495 g/mol. The van der Waals surface area contributed by atoms with Crippen LogP contribution in [0.5, 0.6) is 5.75 Å². The highest BCUT2D eigenvalue weighted by atomic mass is 35.5. The zero-order valence-corrected chi connectivity index (χ0v) is 22.4. The first-order valence-corrected chi connectivity index (χ1v) is 12.8. The van der Waals surface area contributed by atoms with E-state index in [2.05, 4.69) is 5.32 Å². The van der Waals surface area contributed by atoms with E-state index in [-0.39, 0.29) is 31.0 Å². The highest BCUT2D eigenvalue weighted by Crippen LogP contribution is 2.24. The second-order valence-corrected chi connectivity index (χ2v) is 9.73. The Morgan fingerprint density at radius 2 is 1.69 bits per heavy atom. The third kappa shape index (κ3) is 8.00. The largest absolute Gasteiger partial charge is 0.484 e.